The van der Waals surface area contributed by atoms with Crippen molar-refractivity contribution in [1.29, 1.82) is 0 Å². The highest BCUT2D eigenvalue weighted by Gasteiger charge is 2.40. The van der Waals surface area contributed by atoms with Crippen LogP contribution in [0.2, 0.25) is 0 Å². The van der Waals surface area contributed by atoms with Crippen molar-refractivity contribution in [1.82, 2.24) is 15.1 Å². The molecule has 3 rings (SSSR count). The predicted octanol–water partition coefficient (Wildman–Crippen LogP) is 1.91. The van der Waals surface area contributed by atoms with E-state index in [4.69, 9.17) is 0 Å². The first-order chi connectivity index (χ1) is 9.13. The molecule has 0 aromatic carbocycles. The second-order valence-electron chi connectivity index (χ2n) is 6.89. The summed E-state index contributed by atoms with van der Waals surface area (Å²) in [5.41, 5.74) is 0. The molecule has 19 heavy (non-hydrogen) atoms. The Hall–Kier alpha value is -0.770. The van der Waals surface area contributed by atoms with Gasteiger partial charge in [0.25, 0.3) is 0 Å². The highest BCUT2D eigenvalue weighted by Crippen LogP contribution is 2.44. The molecular weight excluding hydrogens is 238 g/mol. The van der Waals surface area contributed by atoms with Gasteiger partial charge in [0.2, 0.25) is 0 Å². The summed E-state index contributed by atoms with van der Waals surface area (Å²) >= 11 is 0. The number of rotatable bonds is 2. The summed E-state index contributed by atoms with van der Waals surface area (Å²) in [4.78, 5) is 15.6. The first-order valence-electron chi connectivity index (χ1n) is 7.85. The zero-order chi connectivity index (χ0) is 13.4. The third kappa shape index (κ3) is 2.73. The summed E-state index contributed by atoms with van der Waals surface area (Å²) in [6.45, 7) is 1.82. The standard InChI is InChI=1S/C15H27N3O/c1-17(2)15(19)18-7-5-13(6-8-18)16-14-10-11-3-4-12(14)9-11/h11-14,16H,3-10H2,1-2H3. The maximum atomic E-state index is 11.9. The van der Waals surface area contributed by atoms with Crippen molar-refractivity contribution in [2.24, 2.45) is 11.8 Å². The van der Waals surface area contributed by atoms with Crippen LogP contribution in [-0.2, 0) is 0 Å². The molecule has 1 N–H and O–H groups in total. The Labute approximate surface area is 116 Å². The normalized spacial score (nSPS) is 34.8. The van der Waals surface area contributed by atoms with Crippen molar-refractivity contribution in [3.8, 4) is 0 Å². The quantitative estimate of drug-likeness (QED) is 0.828. The Morgan fingerprint density at radius 1 is 1.11 bits per heavy atom. The van der Waals surface area contributed by atoms with E-state index in [2.05, 4.69) is 5.32 Å². The number of amides is 2. The minimum Gasteiger partial charge on any atom is -0.331 e. The molecule has 2 aliphatic carbocycles. The average molecular weight is 265 g/mol. The zero-order valence-electron chi connectivity index (χ0n) is 12.3. The zero-order valence-corrected chi connectivity index (χ0v) is 12.3. The van der Waals surface area contributed by atoms with Gasteiger partial charge in [-0.15, -0.1) is 0 Å². The maximum Gasteiger partial charge on any atom is 0.319 e. The lowest BCUT2D eigenvalue weighted by atomic mass is 9.93. The minimum atomic E-state index is 0.165. The molecule has 2 amide bonds. The molecule has 108 valence electrons. The number of hydrogen-bond acceptors (Lipinski definition) is 2. The van der Waals surface area contributed by atoms with Gasteiger partial charge in [-0.3, -0.25) is 0 Å². The van der Waals surface area contributed by atoms with Crippen LogP contribution < -0.4 is 5.32 Å². The van der Waals surface area contributed by atoms with Gasteiger partial charge in [0.05, 0.1) is 0 Å². The number of nitrogens with zero attached hydrogens (tertiary/aromatic N) is 2. The summed E-state index contributed by atoms with van der Waals surface area (Å²) in [5, 5.41) is 3.89. The maximum absolute atomic E-state index is 11.9. The minimum absolute atomic E-state index is 0.165. The molecule has 3 aliphatic rings. The molecule has 4 heteroatoms. The van der Waals surface area contributed by atoms with Crippen molar-refractivity contribution in [2.75, 3.05) is 27.2 Å². The molecule has 3 unspecified atom stereocenters. The van der Waals surface area contributed by atoms with Crippen molar-refractivity contribution < 1.29 is 4.79 Å². The van der Waals surface area contributed by atoms with E-state index in [0.717, 1.165) is 43.8 Å². The number of hydrogen-bond donors (Lipinski definition) is 1. The first kappa shape index (κ1) is 13.2. The molecule has 2 saturated carbocycles. The number of likely N-dealkylation sites (tertiary alicyclic amines) is 1. The van der Waals surface area contributed by atoms with Gasteiger partial charge in [0.15, 0.2) is 0 Å². The molecule has 0 radical (unpaired) electrons. The number of piperidine rings is 1. The van der Waals surface area contributed by atoms with Crippen molar-refractivity contribution >= 4 is 6.03 Å². The summed E-state index contributed by atoms with van der Waals surface area (Å²) < 4.78 is 0. The molecule has 0 aromatic heterocycles. The fraction of sp³-hybridized carbons (Fsp3) is 0.933. The molecule has 2 bridgehead atoms. The number of carbonyl (C=O) groups excluding carboxylic acids is 1. The monoisotopic (exact) mass is 265 g/mol. The largest absolute Gasteiger partial charge is 0.331 e. The fourth-order valence-corrected chi connectivity index (χ4v) is 4.27. The topological polar surface area (TPSA) is 35.6 Å². The Kier molecular flexibility index (Phi) is 3.70. The highest BCUT2D eigenvalue weighted by molar-refractivity contribution is 5.73. The van der Waals surface area contributed by atoms with Crippen LogP contribution in [-0.4, -0.2) is 55.1 Å². The van der Waals surface area contributed by atoms with E-state index in [0.29, 0.717) is 6.04 Å². The molecule has 1 aliphatic heterocycles. The molecule has 1 heterocycles. The van der Waals surface area contributed by atoms with E-state index in [9.17, 15) is 4.79 Å². The summed E-state index contributed by atoms with van der Waals surface area (Å²) in [6.07, 6.45) is 8.02. The third-order valence-corrected chi connectivity index (χ3v) is 5.34. The van der Waals surface area contributed by atoms with Crippen LogP contribution in [0.15, 0.2) is 0 Å². The van der Waals surface area contributed by atoms with Gasteiger partial charge in [-0.2, -0.15) is 0 Å². The van der Waals surface area contributed by atoms with Gasteiger partial charge in [-0.05, 0) is 43.9 Å². The summed E-state index contributed by atoms with van der Waals surface area (Å²) in [6, 6.07) is 1.58. The van der Waals surface area contributed by atoms with Gasteiger partial charge in [-0.1, -0.05) is 6.42 Å². The molecule has 0 aromatic rings. The van der Waals surface area contributed by atoms with Crippen LogP contribution in [0.3, 0.4) is 0 Å². The van der Waals surface area contributed by atoms with Crippen LogP contribution in [0, 0.1) is 11.8 Å². The molecule has 3 atom stereocenters. The SMILES string of the molecule is CN(C)C(=O)N1CCC(NC2CC3CCC2C3)CC1. The molecular formula is C15H27N3O. The lowest BCUT2D eigenvalue weighted by Gasteiger charge is -2.36. The van der Waals surface area contributed by atoms with Gasteiger partial charge in [0, 0.05) is 39.3 Å². The highest BCUT2D eigenvalue weighted by atomic mass is 16.2. The van der Waals surface area contributed by atoms with Crippen LogP contribution in [0.5, 0.6) is 0 Å². The Bertz CT molecular complexity index is 336. The summed E-state index contributed by atoms with van der Waals surface area (Å²) in [7, 11) is 3.67. The van der Waals surface area contributed by atoms with Crippen molar-refractivity contribution in [2.45, 2.75) is 50.6 Å². The predicted molar refractivity (Wildman–Crippen MR) is 76.0 cm³/mol. The van der Waals surface area contributed by atoms with E-state index in [1.807, 2.05) is 19.0 Å². The molecule has 0 spiro atoms. The Morgan fingerprint density at radius 3 is 2.37 bits per heavy atom. The van der Waals surface area contributed by atoms with E-state index >= 15 is 0 Å². The van der Waals surface area contributed by atoms with Crippen molar-refractivity contribution in [3.63, 3.8) is 0 Å². The van der Waals surface area contributed by atoms with Crippen LogP contribution in [0.4, 0.5) is 4.79 Å². The number of urea groups is 1. The smallest absolute Gasteiger partial charge is 0.319 e. The van der Waals surface area contributed by atoms with E-state index in [1.165, 1.54) is 25.7 Å². The average Bonchev–Trinajstić information content (AvgIpc) is 3.01. The van der Waals surface area contributed by atoms with Gasteiger partial charge >= 0.3 is 6.03 Å². The van der Waals surface area contributed by atoms with Crippen LogP contribution in [0.25, 0.3) is 0 Å². The Morgan fingerprint density at radius 2 is 1.84 bits per heavy atom. The molecule has 4 nitrogen and oxygen atoms in total. The third-order valence-electron chi connectivity index (χ3n) is 5.34. The lowest BCUT2D eigenvalue weighted by molar-refractivity contribution is 0.148. The molecule has 1 saturated heterocycles. The van der Waals surface area contributed by atoms with Gasteiger partial charge in [0.1, 0.15) is 0 Å². The van der Waals surface area contributed by atoms with E-state index < -0.39 is 0 Å². The fourth-order valence-electron chi connectivity index (χ4n) is 4.27. The number of fused-ring (bicyclic) bond motifs is 2. The van der Waals surface area contributed by atoms with Gasteiger partial charge in [-0.25, -0.2) is 4.79 Å². The Balaban J connectivity index is 1.44. The van der Waals surface area contributed by atoms with E-state index in [-0.39, 0.29) is 6.03 Å². The number of carbonyl (C=O) groups is 1. The van der Waals surface area contributed by atoms with Crippen LogP contribution >= 0.6 is 0 Å². The van der Waals surface area contributed by atoms with E-state index in [1.54, 1.807) is 4.90 Å². The van der Waals surface area contributed by atoms with Gasteiger partial charge < -0.3 is 15.1 Å². The van der Waals surface area contributed by atoms with Crippen molar-refractivity contribution in [3.05, 3.63) is 0 Å². The first-order valence-corrected chi connectivity index (χ1v) is 7.85. The second-order valence-corrected chi connectivity index (χ2v) is 6.89. The summed E-state index contributed by atoms with van der Waals surface area (Å²) in [5.74, 6) is 1.96. The number of nitrogens with one attached hydrogen (secondary N) is 1. The lowest BCUT2D eigenvalue weighted by Crippen LogP contribution is -2.50. The second kappa shape index (κ2) is 5.31. The molecule has 3 fully saturated rings. The van der Waals surface area contributed by atoms with Crippen LogP contribution in [0.1, 0.15) is 38.5 Å².